The van der Waals surface area contributed by atoms with Gasteiger partial charge in [0, 0.05) is 23.6 Å². The maximum absolute atomic E-state index is 5.65. The third kappa shape index (κ3) is 4.66. The van der Waals surface area contributed by atoms with Crippen molar-refractivity contribution in [1.82, 2.24) is 4.57 Å². The molecule has 6 nitrogen and oxygen atoms in total. The molecule has 0 aliphatic rings. The van der Waals surface area contributed by atoms with Crippen molar-refractivity contribution in [3.8, 4) is 11.4 Å². The Morgan fingerprint density at radius 1 is 1.23 bits per heavy atom. The molecule has 0 unspecified atom stereocenters. The van der Waals surface area contributed by atoms with E-state index >= 15 is 0 Å². The summed E-state index contributed by atoms with van der Waals surface area (Å²) in [6.07, 6.45) is 7.68. The van der Waals surface area contributed by atoms with Crippen molar-refractivity contribution in [2.45, 2.75) is 19.8 Å². The molecular formula is C16H21N5O. The fraction of sp³-hybridized carbons (Fsp3) is 0.250. The number of nitrogens with zero attached hydrogens (tertiary/aromatic N) is 3. The molecular weight excluding hydrogens is 278 g/mol. The van der Waals surface area contributed by atoms with Gasteiger partial charge in [-0.3, -0.25) is 0 Å². The lowest BCUT2D eigenvalue weighted by atomic mass is 10.3. The number of ether oxygens (including phenoxy) is 1. The van der Waals surface area contributed by atoms with Gasteiger partial charge >= 0.3 is 0 Å². The Kier molecular flexibility index (Phi) is 5.59. The van der Waals surface area contributed by atoms with Crippen molar-refractivity contribution >= 4 is 12.2 Å². The zero-order valence-electron chi connectivity index (χ0n) is 12.6. The van der Waals surface area contributed by atoms with Crippen LogP contribution in [0, 0.1) is 0 Å². The first-order valence-electron chi connectivity index (χ1n) is 7.22. The number of guanidine groups is 1. The fourth-order valence-corrected chi connectivity index (χ4v) is 1.86. The van der Waals surface area contributed by atoms with E-state index in [-0.39, 0.29) is 5.96 Å². The van der Waals surface area contributed by atoms with E-state index in [0.717, 1.165) is 36.4 Å². The molecule has 0 bridgehead atoms. The van der Waals surface area contributed by atoms with E-state index in [9.17, 15) is 0 Å². The molecule has 0 amide bonds. The van der Waals surface area contributed by atoms with Gasteiger partial charge in [0.2, 0.25) is 5.96 Å². The predicted molar refractivity (Wildman–Crippen MR) is 89.6 cm³/mol. The van der Waals surface area contributed by atoms with Crippen LogP contribution < -0.4 is 16.2 Å². The lowest BCUT2D eigenvalue weighted by Crippen LogP contribution is -2.21. The molecule has 0 aliphatic heterocycles. The second-order valence-corrected chi connectivity index (χ2v) is 4.82. The number of nitrogens with two attached hydrogens (primary N) is 2. The molecule has 6 heteroatoms. The number of benzene rings is 1. The van der Waals surface area contributed by atoms with Crippen LogP contribution in [0.3, 0.4) is 0 Å². The largest absolute Gasteiger partial charge is 0.494 e. The van der Waals surface area contributed by atoms with Gasteiger partial charge in [0.25, 0.3) is 0 Å². The normalized spacial score (nSPS) is 10.8. The highest BCUT2D eigenvalue weighted by Crippen LogP contribution is 2.16. The second-order valence-electron chi connectivity index (χ2n) is 4.82. The maximum Gasteiger partial charge on any atom is 0.211 e. The standard InChI is InChI=1S/C16H21N5O/c1-2-3-10-22-15-6-4-14(5-7-15)21-9-8-13(12-21)11-19-20-16(17)18/h4-9,11-12H,2-3,10H2,1H3,(H4,17,18,20)/b19-11+. The summed E-state index contributed by atoms with van der Waals surface area (Å²) in [5.74, 6) is 0.827. The van der Waals surface area contributed by atoms with E-state index in [4.69, 9.17) is 16.2 Å². The highest BCUT2D eigenvalue weighted by molar-refractivity contribution is 5.81. The van der Waals surface area contributed by atoms with Gasteiger partial charge in [-0.2, -0.15) is 5.10 Å². The lowest BCUT2D eigenvalue weighted by Gasteiger charge is -2.07. The summed E-state index contributed by atoms with van der Waals surface area (Å²) in [4.78, 5) is 0. The lowest BCUT2D eigenvalue weighted by molar-refractivity contribution is 0.309. The molecule has 4 N–H and O–H groups in total. The zero-order chi connectivity index (χ0) is 15.8. The molecule has 2 aromatic rings. The highest BCUT2D eigenvalue weighted by Gasteiger charge is 1.99. The summed E-state index contributed by atoms with van der Waals surface area (Å²) in [7, 11) is 0. The summed E-state index contributed by atoms with van der Waals surface area (Å²) >= 11 is 0. The maximum atomic E-state index is 5.65. The molecule has 0 atom stereocenters. The van der Waals surface area contributed by atoms with Crippen LogP contribution in [0.2, 0.25) is 0 Å². The average Bonchev–Trinajstić information content (AvgIpc) is 2.97. The van der Waals surface area contributed by atoms with Crippen LogP contribution in [0.4, 0.5) is 0 Å². The minimum absolute atomic E-state index is 0.0608. The topological polar surface area (TPSA) is 90.9 Å². The second kappa shape index (κ2) is 7.87. The average molecular weight is 299 g/mol. The molecule has 22 heavy (non-hydrogen) atoms. The van der Waals surface area contributed by atoms with Gasteiger partial charge < -0.3 is 20.8 Å². The zero-order valence-corrected chi connectivity index (χ0v) is 12.6. The van der Waals surface area contributed by atoms with Crippen LogP contribution in [0.5, 0.6) is 5.75 Å². The number of unbranched alkanes of at least 4 members (excludes halogenated alkanes) is 1. The molecule has 116 valence electrons. The van der Waals surface area contributed by atoms with Crippen LogP contribution in [-0.4, -0.2) is 23.3 Å². The first-order valence-corrected chi connectivity index (χ1v) is 7.22. The Morgan fingerprint density at radius 2 is 2.00 bits per heavy atom. The third-order valence-electron chi connectivity index (χ3n) is 3.00. The number of hydrogen-bond donors (Lipinski definition) is 2. The van der Waals surface area contributed by atoms with E-state index in [0.29, 0.717) is 0 Å². The van der Waals surface area contributed by atoms with Gasteiger partial charge in [0.15, 0.2) is 0 Å². The van der Waals surface area contributed by atoms with Gasteiger partial charge in [-0.15, -0.1) is 5.10 Å². The summed E-state index contributed by atoms with van der Waals surface area (Å²) in [5.41, 5.74) is 12.4. The molecule has 1 aromatic heterocycles. The van der Waals surface area contributed by atoms with E-state index in [1.807, 2.05) is 47.3 Å². The number of aromatic nitrogens is 1. The Bertz CT molecular complexity index is 639. The van der Waals surface area contributed by atoms with Gasteiger partial charge in [0.1, 0.15) is 5.75 Å². The molecule has 0 radical (unpaired) electrons. The summed E-state index contributed by atoms with van der Waals surface area (Å²) in [5, 5.41) is 7.35. The van der Waals surface area contributed by atoms with Gasteiger partial charge in [-0.1, -0.05) is 13.3 Å². The quantitative estimate of drug-likeness (QED) is 0.355. The molecule has 0 fully saturated rings. The Labute approximate surface area is 130 Å². The highest BCUT2D eigenvalue weighted by atomic mass is 16.5. The minimum Gasteiger partial charge on any atom is -0.494 e. The van der Waals surface area contributed by atoms with Crippen molar-refractivity contribution in [1.29, 1.82) is 0 Å². The van der Waals surface area contributed by atoms with Gasteiger partial charge in [-0.25, -0.2) is 0 Å². The van der Waals surface area contributed by atoms with Crippen LogP contribution >= 0.6 is 0 Å². The molecule has 2 rings (SSSR count). The van der Waals surface area contributed by atoms with E-state index in [1.54, 1.807) is 6.21 Å². The number of rotatable bonds is 7. The smallest absolute Gasteiger partial charge is 0.211 e. The molecule has 1 heterocycles. The summed E-state index contributed by atoms with van der Waals surface area (Å²) in [6.45, 7) is 2.90. The van der Waals surface area contributed by atoms with Crippen LogP contribution in [0.15, 0.2) is 52.9 Å². The summed E-state index contributed by atoms with van der Waals surface area (Å²) in [6, 6.07) is 9.89. The van der Waals surface area contributed by atoms with Crippen LogP contribution in [-0.2, 0) is 0 Å². The molecule has 0 saturated carbocycles. The molecule has 0 saturated heterocycles. The predicted octanol–water partition coefficient (Wildman–Crippen LogP) is 2.26. The Hall–Kier alpha value is -2.76. The van der Waals surface area contributed by atoms with Gasteiger partial charge in [0.05, 0.1) is 12.8 Å². The molecule has 0 spiro atoms. The monoisotopic (exact) mass is 299 g/mol. The third-order valence-corrected chi connectivity index (χ3v) is 3.00. The summed E-state index contributed by atoms with van der Waals surface area (Å²) < 4.78 is 7.64. The Morgan fingerprint density at radius 3 is 2.68 bits per heavy atom. The van der Waals surface area contributed by atoms with Crippen molar-refractivity contribution < 1.29 is 4.74 Å². The van der Waals surface area contributed by atoms with Crippen molar-refractivity contribution in [3.05, 3.63) is 48.3 Å². The van der Waals surface area contributed by atoms with Crippen molar-refractivity contribution in [2.24, 2.45) is 21.7 Å². The van der Waals surface area contributed by atoms with Crippen LogP contribution in [0.1, 0.15) is 25.3 Å². The van der Waals surface area contributed by atoms with Gasteiger partial charge in [-0.05, 0) is 36.8 Å². The van der Waals surface area contributed by atoms with E-state index < -0.39 is 0 Å². The minimum atomic E-state index is -0.0608. The van der Waals surface area contributed by atoms with Crippen molar-refractivity contribution in [2.75, 3.05) is 6.61 Å². The van der Waals surface area contributed by atoms with Crippen LogP contribution in [0.25, 0.3) is 5.69 Å². The van der Waals surface area contributed by atoms with E-state index in [2.05, 4.69) is 17.1 Å². The first-order chi connectivity index (χ1) is 10.7. The van der Waals surface area contributed by atoms with E-state index in [1.165, 1.54) is 0 Å². The Balaban J connectivity index is 2.01. The SMILES string of the molecule is CCCCOc1ccc(-n2ccc(/C=N/N=C(N)N)c2)cc1. The molecule has 0 aliphatic carbocycles. The fourth-order valence-electron chi connectivity index (χ4n) is 1.86. The van der Waals surface area contributed by atoms with Crippen molar-refractivity contribution in [3.63, 3.8) is 0 Å². The molecule has 1 aromatic carbocycles. The number of hydrogen-bond acceptors (Lipinski definition) is 3. The first kappa shape index (κ1) is 15.6.